The predicted molar refractivity (Wildman–Crippen MR) is 94.1 cm³/mol. The van der Waals surface area contributed by atoms with Gasteiger partial charge in [0, 0.05) is 32.7 Å². The van der Waals surface area contributed by atoms with Gasteiger partial charge in [0.1, 0.15) is 0 Å². The van der Waals surface area contributed by atoms with Gasteiger partial charge in [0.2, 0.25) is 0 Å². The normalized spacial score (nSPS) is 19.4. The largest absolute Gasteiger partial charge is 0.356 e. The second-order valence-electron chi connectivity index (χ2n) is 5.99. The molecule has 2 N–H and O–H groups in total. The molecule has 0 amide bonds. The Balaban J connectivity index is 1.78. The topological polar surface area (TPSA) is 39.7 Å². The monoisotopic (exact) mass is 302 g/mol. The lowest BCUT2D eigenvalue weighted by atomic mass is 10.2. The smallest absolute Gasteiger partial charge is 0.191 e. The first-order valence-electron chi connectivity index (χ1n) is 8.56. The second-order valence-corrected chi connectivity index (χ2v) is 5.99. The molecule has 2 rings (SSSR count). The molecule has 1 aliphatic rings. The van der Waals surface area contributed by atoms with E-state index < -0.39 is 0 Å². The number of rotatable bonds is 7. The van der Waals surface area contributed by atoms with Gasteiger partial charge < -0.3 is 10.6 Å². The minimum atomic E-state index is 0.602. The summed E-state index contributed by atoms with van der Waals surface area (Å²) in [6.45, 7) is 6.42. The van der Waals surface area contributed by atoms with Crippen LogP contribution in [0.4, 0.5) is 0 Å². The second kappa shape index (κ2) is 9.46. The Morgan fingerprint density at radius 2 is 2.09 bits per heavy atom. The molecule has 0 aliphatic carbocycles. The van der Waals surface area contributed by atoms with E-state index in [0.717, 1.165) is 25.6 Å². The van der Waals surface area contributed by atoms with Crippen molar-refractivity contribution in [2.24, 2.45) is 4.99 Å². The quantitative estimate of drug-likeness (QED) is 0.462. The van der Waals surface area contributed by atoms with Crippen molar-refractivity contribution in [1.29, 1.82) is 0 Å². The standard InChI is InChI=1S/C18H30N4/c1-3-4-12-20-18(19-2)21-14-17-11-8-13-22(17)15-16-9-6-5-7-10-16/h5-7,9-10,17H,3-4,8,11-15H2,1-2H3,(H2,19,20,21). The van der Waals surface area contributed by atoms with E-state index in [1.807, 2.05) is 7.05 Å². The molecule has 1 fully saturated rings. The lowest BCUT2D eigenvalue weighted by Crippen LogP contribution is -2.44. The van der Waals surface area contributed by atoms with Crippen molar-refractivity contribution in [3.8, 4) is 0 Å². The Morgan fingerprint density at radius 3 is 2.82 bits per heavy atom. The van der Waals surface area contributed by atoms with E-state index in [-0.39, 0.29) is 0 Å². The van der Waals surface area contributed by atoms with Crippen LogP contribution in [0.5, 0.6) is 0 Å². The molecule has 4 heteroatoms. The molecule has 1 heterocycles. The van der Waals surface area contributed by atoms with Crippen LogP contribution >= 0.6 is 0 Å². The van der Waals surface area contributed by atoms with E-state index in [9.17, 15) is 0 Å². The molecule has 1 aromatic rings. The first-order valence-corrected chi connectivity index (χ1v) is 8.56. The molecular weight excluding hydrogens is 272 g/mol. The zero-order valence-electron chi connectivity index (χ0n) is 14.0. The molecule has 1 atom stereocenters. The average molecular weight is 302 g/mol. The maximum atomic E-state index is 4.31. The molecule has 4 nitrogen and oxygen atoms in total. The summed E-state index contributed by atoms with van der Waals surface area (Å²) in [5.41, 5.74) is 1.40. The first-order chi connectivity index (χ1) is 10.8. The summed E-state index contributed by atoms with van der Waals surface area (Å²) in [7, 11) is 1.84. The molecule has 1 aliphatic heterocycles. The van der Waals surface area contributed by atoms with Gasteiger partial charge in [-0.1, -0.05) is 43.7 Å². The van der Waals surface area contributed by atoms with Crippen molar-refractivity contribution in [3.05, 3.63) is 35.9 Å². The highest BCUT2D eigenvalue weighted by Crippen LogP contribution is 2.19. The highest BCUT2D eigenvalue weighted by Gasteiger charge is 2.24. The molecule has 0 aromatic heterocycles. The van der Waals surface area contributed by atoms with Crippen molar-refractivity contribution in [3.63, 3.8) is 0 Å². The fraction of sp³-hybridized carbons (Fsp3) is 0.611. The van der Waals surface area contributed by atoms with E-state index in [1.54, 1.807) is 0 Å². The van der Waals surface area contributed by atoms with Crippen LogP contribution in [-0.4, -0.2) is 43.6 Å². The summed E-state index contributed by atoms with van der Waals surface area (Å²) in [6.07, 6.45) is 4.95. The molecule has 0 radical (unpaired) electrons. The number of hydrogen-bond acceptors (Lipinski definition) is 2. The number of likely N-dealkylation sites (tertiary alicyclic amines) is 1. The molecule has 1 unspecified atom stereocenters. The lowest BCUT2D eigenvalue weighted by Gasteiger charge is -2.25. The molecule has 0 saturated carbocycles. The van der Waals surface area contributed by atoms with Crippen LogP contribution in [0.25, 0.3) is 0 Å². The number of benzene rings is 1. The maximum absolute atomic E-state index is 4.31. The van der Waals surface area contributed by atoms with Crippen LogP contribution in [-0.2, 0) is 6.54 Å². The molecule has 22 heavy (non-hydrogen) atoms. The molecular formula is C18H30N4. The van der Waals surface area contributed by atoms with Gasteiger partial charge in [-0.25, -0.2) is 0 Å². The summed E-state index contributed by atoms with van der Waals surface area (Å²) < 4.78 is 0. The molecule has 1 saturated heterocycles. The number of nitrogens with one attached hydrogen (secondary N) is 2. The zero-order valence-corrected chi connectivity index (χ0v) is 14.0. The zero-order chi connectivity index (χ0) is 15.6. The van der Waals surface area contributed by atoms with Crippen LogP contribution in [0.3, 0.4) is 0 Å². The van der Waals surface area contributed by atoms with Crippen molar-refractivity contribution in [1.82, 2.24) is 15.5 Å². The minimum absolute atomic E-state index is 0.602. The molecule has 122 valence electrons. The van der Waals surface area contributed by atoms with Gasteiger partial charge in [-0.15, -0.1) is 0 Å². The summed E-state index contributed by atoms with van der Waals surface area (Å²) >= 11 is 0. The SMILES string of the molecule is CCCCNC(=NC)NCC1CCCN1Cc1ccccc1. The number of unbranched alkanes of at least 4 members (excludes halogenated alkanes) is 1. The van der Waals surface area contributed by atoms with Gasteiger partial charge in [0.05, 0.1) is 0 Å². The van der Waals surface area contributed by atoms with Gasteiger partial charge >= 0.3 is 0 Å². The Morgan fingerprint density at radius 1 is 1.27 bits per heavy atom. The summed E-state index contributed by atoms with van der Waals surface area (Å²) in [5, 5.41) is 6.86. The lowest BCUT2D eigenvalue weighted by molar-refractivity contribution is 0.245. The van der Waals surface area contributed by atoms with Crippen molar-refractivity contribution in [2.45, 2.75) is 45.2 Å². The fourth-order valence-electron chi connectivity index (χ4n) is 2.97. The number of guanidine groups is 1. The third-order valence-corrected chi connectivity index (χ3v) is 4.28. The molecule has 0 spiro atoms. The number of nitrogens with zero attached hydrogens (tertiary/aromatic N) is 2. The number of aliphatic imine (C=N–C) groups is 1. The minimum Gasteiger partial charge on any atom is -0.356 e. The molecule has 0 bridgehead atoms. The first kappa shape index (κ1) is 16.8. The third-order valence-electron chi connectivity index (χ3n) is 4.28. The average Bonchev–Trinajstić information content (AvgIpc) is 2.99. The van der Waals surface area contributed by atoms with E-state index in [0.29, 0.717) is 6.04 Å². The predicted octanol–water partition coefficient (Wildman–Crippen LogP) is 2.62. The number of hydrogen-bond donors (Lipinski definition) is 2. The van der Waals surface area contributed by atoms with Crippen molar-refractivity contribution in [2.75, 3.05) is 26.7 Å². The highest BCUT2D eigenvalue weighted by molar-refractivity contribution is 5.79. The van der Waals surface area contributed by atoms with Gasteiger partial charge in [-0.2, -0.15) is 0 Å². The van der Waals surface area contributed by atoms with Crippen molar-refractivity contribution >= 4 is 5.96 Å². The fourth-order valence-corrected chi connectivity index (χ4v) is 2.97. The van der Waals surface area contributed by atoms with Gasteiger partial charge in [-0.05, 0) is 31.4 Å². The van der Waals surface area contributed by atoms with Crippen LogP contribution in [0, 0.1) is 0 Å². The Bertz CT molecular complexity index is 444. The van der Waals surface area contributed by atoms with Crippen LogP contribution < -0.4 is 10.6 Å². The summed E-state index contributed by atoms with van der Waals surface area (Å²) in [6, 6.07) is 11.4. The van der Waals surface area contributed by atoms with Crippen LogP contribution in [0.1, 0.15) is 38.2 Å². The third kappa shape index (κ3) is 5.34. The van der Waals surface area contributed by atoms with Crippen molar-refractivity contribution < 1.29 is 0 Å². The van der Waals surface area contributed by atoms with E-state index in [4.69, 9.17) is 0 Å². The molecule has 1 aromatic carbocycles. The van der Waals surface area contributed by atoms with E-state index >= 15 is 0 Å². The highest BCUT2D eigenvalue weighted by atomic mass is 15.2. The van der Waals surface area contributed by atoms with Crippen LogP contribution in [0.2, 0.25) is 0 Å². The van der Waals surface area contributed by atoms with E-state index in [2.05, 4.69) is 57.8 Å². The van der Waals surface area contributed by atoms with Gasteiger partial charge in [0.25, 0.3) is 0 Å². The van der Waals surface area contributed by atoms with Gasteiger partial charge in [0.15, 0.2) is 5.96 Å². The van der Waals surface area contributed by atoms with Gasteiger partial charge in [-0.3, -0.25) is 9.89 Å². The Labute approximate surface area is 135 Å². The maximum Gasteiger partial charge on any atom is 0.191 e. The van der Waals surface area contributed by atoms with E-state index in [1.165, 1.54) is 37.8 Å². The Hall–Kier alpha value is -1.55. The van der Waals surface area contributed by atoms with Crippen LogP contribution in [0.15, 0.2) is 35.3 Å². The Kier molecular flexibility index (Phi) is 7.23. The summed E-state index contributed by atoms with van der Waals surface area (Å²) in [4.78, 5) is 6.89. The summed E-state index contributed by atoms with van der Waals surface area (Å²) in [5.74, 6) is 0.931.